The molecule has 1 atom stereocenters. The molecule has 54 valence electrons. The molecule has 0 aromatic rings. The van der Waals surface area contributed by atoms with Crippen LogP contribution in [0.3, 0.4) is 0 Å². The predicted molar refractivity (Wildman–Crippen MR) is 35.2 cm³/mol. The van der Waals surface area contributed by atoms with Crippen molar-refractivity contribution in [2.75, 3.05) is 0 Å². The lowest BCUT2D eigenvalue weighted by molar-refractivity contribution is -0.0438. The van der Waals surface area contributed by atoms with E-state index in [2.05, 4.69) is 0 Å². The molecule has 0 aliphatic heterocycles. The Balaban J connectivity index is 2.09. The second kappa shape index (κ2) is 2.86. The molecule has 0 saturated heterocycles. The van der Waals surface area contributed by atoms with Crippen molar-refractivity contribution in [1.82, 2.24) is 0 Å². The van der Waals surface area contributed by atoms with E-state index in [4.69, 9.17) is 21.8 Å². The summed E-state index contributed by atoms with van der Waals surface area (Å²) in [6, 6.07) is 0. The molecule has 1 aliphatic rings. The molecular weight excluding hydrogens is 140 g/mol. The van der Waals surface area contributed by atoms with Crippen LogP contribution in [0, 0.1) is 5.92 Å². The third-order valence-electron chi connectivity index (χ3n) is 1.58. The standard InChI is InChI=1S/C6H11ClO2/c7-5(6(8)9)3-4-1-2-4/h4-6,8-9H,1-3H2. The van der Waals surface area contributed by atoms with Gasteiger partial charge in [-0.25, -0.2) is 0 Å². The highest BCUT2D eigenvalue weighted by Gasteiger charge is 2.26. The topological polar surface area (TPSA) is 40.5 Å². The number of rotatable bonds is 3. The van der Waals surface area contributed by atoms with Crippen LogP contribution in [0.1, 0.15) is 19.3 Å². The molecule has 0 bridgehead atoms. The Morgan fingerprint density at radius 1 is 1.44 bits per heavy atom. The monoisotopic (exact) mass is 150 g/mol. The van der Waals surface area contributed by atoms with Gasteiger partial charge >= 0.3 is 0 Å². The summed E-state index contributed by atoms with van der Waals surface area (Å²) in [5, 5.41) is 16.6. The van der Waals surface area contributed by atoms with Gasteiger partial charge in [0.2, 0.25) is 0 Å². The summed E-state index contributed by atoms with van der Waals surface area (Å²) < 4.78 is 0. The first-order valence-corrected chi connectivity index (χ1v) is 3.64. The molecule has 1 aliphatic carbocycles. The number of hydrogen-bond donors (Lipinski definition) is 2. The van der Waals surface area contributed by atoms with Gasteiger partial charge in [-0.05, 0) is 12.3 Å². The first-order valence-electron chi connectivity index (χ1n) is 3.20. The van der Waals surface area contributed by atoms with Gasteiger partial charge in [-0.1, -0.05) is 12.8 Å². The molecular formula is C6H11ClO2. The molecule has 3 heteroatoms. The van der Waals surface area contributed by atoms with Gasteiger partial charge in [0.25, 0.3) is 0 Å². The van der Waals surface area contributed by atoms with Crippen molar-refractivity contribution in [3.8, 4) is 0 Å². The Hall–Kier alpha value is 0.210. The number of alkyl halides is 1. The Bertz CT molecular complexity index is 91.1. The molecule has 9 heavy (non-hydrogen) atoms. The summed E-state index contributed by atoms with van der Waals surface area (Å²) in [5.41, 5.74) is 0. The molecule has 1 unspecified atom stereocenters. The van der Waals surface area contributed by atoms with Crippen LogP contribution in [0.25, 0.3) is 0 Å². The summed E-state index contributed by atoms with van der Waals surface area (Å²) >= 11 is 5.55. The Morgan fingerprint density at radius 2 is 2.00 bits per heavy atom. The van der Waals surface area contributed by atoms with Crippen LogP contribution >= 0.6 is 11.6 Å². The van der Waals surface area contributed by atoms with E-state index >= 15 is 0 Å². The van der Waals surface area contributed by atoms with Crippen molar-refractivity contribution in [2.45, 2.75) is 30.9 Å². The lowest BCUT2D eigenvalue weighted by atomic mass is 10.2. The van der Waals surface area contributed by atoms with Crippen LogP contribution in [0.15, 0.2) is 0 Å². The summed E-state index contributed by atoms with van der Waals surface area (Å²) in [6.07, 6.45) is 1.82. The molecule has 0 aromatic heterocycles. The zero-order chi connectivity index (χ0) is 6.85. The van der Waals surface area contributed by atoms with Crippen LogP contribution in [0.2, 0.25) is 0 Å². The zero-order valence-electron chi connectivity index (χ0n) is 5.13. The number of aliphatic hydroxyl groups excluding tert-OH is 1. The molecule has 0 amide bonds. The van der Waals surface area contributed by atoms with E-state index in [9.17, 15) is 0 Å². The fourth-order valence-electron chi connectivity index (χ4n) is 0.794. The maximum Gasteiger partial charge on any atom is 0.168 e. The average molecular weight is 151 g/mol. The van der Waals surface area contributed by atoms with E-state index < -0.39 is 11.7 Å². The van der Waals surface area contributed by atoms with E-state index in [0.717, 1.165) is 6.42 Å². The van der Waals surface area contributed by atoms with Gasteiger partial charge in [-0.3, -0.25) is 0 Å². The first-order chi connectivity index (χ1) is 4.20. The third-order valence-corrected chi connectivity index (χ3v) is 1.98. The predicted octanol–water partition coefficient (Wildman–Crippen LogP) is 0.705. The lowest BCUT2D eigenvalue weighted by Gasteiger charge is -2.09. The third kappa shape index (κ3) is 2.52. The van der Waals surface area contributed by atoms with Crippen molar-refractivity contribution in [2.24, 2.45) is 5.92 Å². The SMILES string of the molecule is OC(O)C(Cl)CC1CC1. The highest BCUT2D eigenvalue weighted by atomic mass is 35.5. The quantitative estimate of drug-likeness (QED) is 0.460. The highest BCUT2D eigenvalue weighted by molar-refractivity contribution is 6.20. The fraction of sp³-hybridized carbons (Fsp3) is 1.00. The minimum atomic E-state index is -1.34. The molecule has 0 aromatic carbocycles. The minimum Gasteiger partial charge on any atom is -0.367 e. The van der Waals surface area contributed by atoms with Crippen molar-refractivity contribution in [1.29, 1.82) is 0 Å². The van der Waals surface area contributed by atoms with Crippen molar-refractivity contribution >= 4 is 11.6 Å². The van der Waals surface area contributed by atoms with E-state index in [1.165, 1.54) is 12.8 Å². The Labute approximate surface area is 59.4 Å². The van der Waals surface area contributed by atoms with Gasteiger partial charge in [0.1, 0.15) is 0 Å². The molecule has 1 fully saturated rings. The van der Waals surface area contributed by atoms with Crippen molar-refractivity contribution in [3.05, 3.63) is 0 Å². The van der Waals surface area contributed by atoms with E-state index in [0.29, 0.717) is 5.92 Å². The summed E-state index contributed by atoms with van der Waals surface area (Å²) in [5.74, 6) is 0.661. The Morgan fingerprint density at radius 3 is 2.33 bits per heavy atom. The van der Waals surface area contributed by atoms with E-state index in [-0.39, 0.29) is 0 Å². The first kappa shape index (κ1) is 7.32. The minimum absolute atomic E-state index is 0.461. The smallest absolute Gasteiger partial charge is 0.168 e. The van der Waals surface area contributed by atoms with Crippen LogP contribution in [0.5, 0.6) is 0 Å². The number of hydrogen-bond acceptors (Lipinski definition) is 2. The van der Waals surface area contributed by atoms with Gasteiger partial charge in [0, 0.05) is 0 Å². The summed E-state index contributed by atoms with van der Waals surface area (Å²) in [6.45, 7) is 0. The van der Waals surface area contributed by atoms with Crippen LogP contribution in [-0.2, 0) is 0 Å². The molecule has 0 heterocycles. The summed E-state index contributed by atoms with van der Waals surface area (Å²) in [7, 11) is 0. The number of halogens is 1. The Kier molecular flexibility index (Phi) is 2.33. The van der Waals surface area contributed by atoms with Crippen molar-refractivity contribution < 1.29 is 10.2 Å². The van der Waals surface area contributed by atoms with Crippen molar-refractivity contribution in [3.63, 3.8) is 0 Å². The average Bonchev–Trinajstić information content (AvgIpc) is 2.50. The molecule has 0 spiro atoms. The van der Waals surface area contributed by atoms with Crippen LogP contribution in [-0.4, -0.2) is 21.9 Å². The van der Waals surface area contributed by atoms with Gasteiger partial charge < -0.3 is 10.2 Å². The second-order valence-corrected chi connectivity index (χ2v) is 3.17. The number of aliphatic hydroxyl groups is 2. The van der Waals surface area contributed by atoms with E-state index in [1.54, 1.807) is 0 Å². The lowest BCUT2D eigenvalue weighted by Crippen LogP contribution is -2.20. The normalized spacial score (nSPS) is 22.7. The van der Waals surface area contributed by atoms with Gasteiger partial charge in [-0.2, -0.15) is 0 Å². The maximum absolute atomic E-state index is 8.52. The van der Waals surface area contributed by atoms with Gasteiger partial charge in [-0.15, -0.1) is 11.6 Å². The van der Waals surface area contributed by atoms with E-state index in [1.807, 2.05) is 0 Å². The van der Waals surface area contributed by atoms with Crippen LogP contribution < -0.4 is 0 Å². The van der Waals surface area contributed by atoms with Gasteiger partial charge in [0.15, 0.2) is 6.29 Å². The molecule has 1 saturated carbocycles. The summed E-state index contributed by atoms with van der Waals surface area (Å²) in [4.78, 5) is 0. The molecule has 2 nitrogen and oxygen atoms in total. The highest BCUT2D eigenvalue weighted by Crippen LogP contribution is 2.35. The largest absolute Gasteiger partial charge is 0.367 e. The van der Waals surface area contributed by atoms with Crippen LogP contribution in [0.4, 0.5) is 0 Å². The molecule has 1 rings (SSSR count). The van der Waals surface area contributed by atoms with Gasteiger partial charge in [0.05, 0.1) is 5.38 Å². The zero-order valence-corrected chi connectivity index (χ0v) is 5.88. The fourth-order valence-corrected chi connectivity index (χ4v) is 1.05. The second-order valence-electron chi connectivity index (χ2n) is 2.61. The molecule has 2 N–H and O–H groups in total. The maximum atomic E-state index is 8.52. The molecule has 0 radical (unpaired) electrons.